The highest BCUT2D eigenvalue weighted by Gasteiger charge is 2.10. The van der Waals surface area contributed by atoms with E-state index in [0.717, 1.165) is 21.7 Å². The first kappa shape index (κ1) is 13.6. The van der Waals surface area contributed by atoms with E-state index in [1.807, 2.05) is 66.9 Å². The predicted molar refractivity (Wildman–Crippen MR) is 88.9 cm³/mol. The Morgan fingerprint density at radius 1 is 0.952 bits per heavy atom. The second-order valence-electron chi connectivity index (χ2n) is 4.84. The van der Waals surface area contributed by atoms with E-state index in [2.05, 4.69) is 11.4 Å². The van der Waals surface area contributed by atoms with Gasteiger partial charge in [-0.15, -0.1) is 11.3 Å². The SMILES string of the molecule is Cc1ccc(C(=O)Nc2ccccc2-c2cccs2)cc1. The molecule has 0 aliphatic carbocycles. The molecule has 0 fully saturated rings. The number of anilines is 1. The monoisotopic (exact) mass is 293 g/mol. The normalized spacial score (nSPS) is 10.3. The van der Waals surface area contributed by atoms with Crippen molar-refractivity contribution in [2.45, 2.75) is 6.92 Å². The number of nitrogens with one attached hydrogen (secondary N) is 1. The van der Waals surface area contributed by atoms with Gasteiger partial charge in [0, 0.05) is 21.7 Å². The van der Waals surface area contributed by atoms with Gasteiger partial charge in [0.1, 0.15) is 0 Å². The lowest BCUT2D eigenvalue weighted by atomic mass is 10.1. The van der Waals surface area contributed by atoms with Gasteiger partial charge >= 0.3 is 0 Å². The molecule has 1 N–H and O–H groups in total. The number of para-hydroxylation sites is 1. The maximum Gasteiger partial charge on any atom is 0.255 e. The molecule has 0 spiro atoms. The highest BCUT2D eigenvalue weighted by molar-refractivity contribution is 7.13. The molecular weight excluding hydrogens is 278 g/mol. The van der Waals surface area contributed by atoms with Crippen LogP contribution >= 0.6 is 11.3 Å². The Balaban J connectivity index is 1.88. The van der Waals surface area contributed by atoms with Crippen LogP contribution in [-0.2, 0) is 0 Å². The van der Waals surface area contributed by atoms with Crippen molar-refractivity contribution in [3.63, 3.8) is 0 Å². The highest BCUT2D eigenvalue weighted by Crippen LogP contribution is 2.31. The van der Waals surface area contributed by atoms with Gasteiger partial charge in [-0.1, -0.05) is 42.0 Å². The maximum absolute atomic E-state index is 12.3. The topological polar surface area (TPSA) is 29.1 Å². The van der Waals surface area contributed by atoms with Crippen molar-refractivity contribution in [1.29, 1.82) is 0 Å². The largest absolute Gasteiger partial charge is 0.321 e. The standard InChI is InChI=1S/C18H15NOS/c1-13-8-10-14(11-9-13)18(20)19-16-6-3-2-5-15(16)17-7-4-12-21-17/h2-12H,1H3,(H,19,20). The highest BCUT2D eigenvalue weighted by atomic mass is 32.1. The number of hydrogen-bond acceptors (Lipinski definition) is 2. The Labute approximate surface area is 128 Å². The Hall–Kier alpha value is -2.39. The molecule has 3 heteroatoms. The van der Waals surface area contributed by atoms with Crippen molar-refractivity contribution in [2.24, 2.45) is 0 Å². The van der Waals surface area contributed by atoms with E-state index in [-0.39, 0.29) is 5.91 Å². The third-order valence-electron chi connectivity index (χ3n) is 3.28. The molecule has 1 heterocycles. The molecule has 1 aromatic heterocycles. The van der Waals surface area contributed by atoms with E-state index in [1.165, 1.54) is 0 Å². The fraction of sp³-hybridized carbons (Fsp3) is 0.0556. The maximum atomic E-state index is 12.3. The van der Waals surface area contributed by atoms with Crippen LogP contribution in [0.5, 0.6) is 0 Å². The van der Waals surface area contributed by atoms with E-state index in [4.69, 9.17) is 0 Å². The van der Waals surface area contributed by atoms with Crippen molar-refractivity contribution in [1.82, 2.24) is 0 Å². The van der Waals surface area contributed by atoms with Crippen molar-refractivity contribution in [2.75, 3.05) is 5.32 Å². The number of benzene rings is 2. The lowest BCUT2D eigenvalue weighted by Gasteiger charge is -2.10. The minimum Gasteiger partial charge on any atom is -0.321 e. The van der Waals surface area contributed by atoms with Crippen LogP contribution in [0.4, 0.5) is 5.69 Å². The van der Waals surface area contributed by atoms with Crippen LogP contribution in [0, 0.1) is 6.92 Å². The fourth-order valence-corrected chi connectivity index (χ4v) is 2.90. The van der Waals surface area contributed by atoms with Crippen molar-refractivity contribution < 1.29 is 4.79 Å². The molecule has 21 heavy (non-hydrogen) atoms. The second kappa shape index (κ2) is 5.94. The molecule has 104 valence electrons. The number of thiophene rings is 1. The number of amides is 1. The Bertz CT molecular complexity index is 745. The average Bonchev–Trinajstić information content (AvgIpc) is 3.02. The summed E-state index contributed by atoms with van der Waals surface area (Å²) in [4.78, 5) is 13.5. The van der Waals surface area contributed by atoms with Gasteiger partial charge in [-0.2, -0.15) is 0 Å². The first-order valence-corrected chi connectivity index (χ1v) is 7.63. The minimum atomic E-state index is -0.0843. The molecule has 2 nitrogen and oxygen atoms in total. The van der Waals surface area contributed by atoms with Crippen LogP contribution in [0.15, 0.2) is 66.0 Å². The quantitative estimate of drug-likeness (QED) is 0.725. The van der Waals surface area contributed by atoms with E-state index in [1.54, 1.807) is 11.3 Å². The summed E-state index contributed by atoms with van der Waals surface area (Å²) in [5, 5.41) is 5.04. The lowest BCUT2D eigenvalue weighted by Crippen LogP contribution is -2.12. The van der Waals surface area contributed by atoms with E-state index < -0.39 is 0 Å². The smallest absolute Gasteiger partial charge is 0.255 e. The molecule has 1 amide bonds. The van der Waals surface area contributed by atoms with Gasteiger partial charge < -0.3 is 5.32 Å². The van der Waals surface area contributed by atoms with Crippen molar-refractivity contribution in [3.8, 4) is 10.4 Å². The second-order valence-corrected chi connectivity index (χ2v) is 5.79. The summed E-state index contributed by atoms with van der Waals surface area (Å²) >= 11 is 1.66. The van der Waals surface area contributed by atoms with Gasteiger partial charge in [-0.25, -0.2) is 0 Å². The van der Waals surface area contributed by atoms with Gasteiger partial charge in [-0.3, -0.25) is 4.79 Å². The molecule has 0 radical (unpaired) electrons. The molecule has 0 saturated carbocycles. The van der Waals surface area contributed by atoms with Crippen molar-refractivity contribution >= 4 is 22.9 Å². The van der Waals surface area contributed by atoms with E-state index in [0.29, 0.717) is 5.56 Å². The van der Waals surface area contributed by atoms with Crippen LogP contribution in [0.1, 0.15) is 15.9 Å². The first-order valence-electron chi connectivity index (χ1n) is 6.75. The van der Waals surface area contributed by atoms with Crippen molar-refractivity contribution in [3.05, 3.63) is 77.2 Å². The molecule has 0 atom stereocenters. The van der Waals surface area contributed by atoms with Crippen LogP contribution in [-0.4, -0.2) is 5.91 Å². The number of carbonyl (C=O) groups is 1. The Morgan fingerprint density at radius 2 is 1.71 bits per heavy atom. The molecule has 0 bridgehead atoms. The van der Waals surface area contributed by atoms with Gasteiger partial charge in [-0.05, 0) is 36.6 Å². The predicted octanol–water partition coefficient (Wildman–Crippen LogP) is 4.98. The van der Waals surface area contributed by atoms with Gasteiger partial charge in [0.2, 0.25) is 0 Å². The summed E-state index contributed by atoms with van der Waals surface area (Å²) in [6, 6.07) is 19.5. The van der Waals surface area contributed by atoms with E-state index >= 15 is 0 Å². The Morgan fingerprint density at radius 3 is 2.43 bits per heavy atom. The molecule has 2 aromatic carbocycles. The summed E-state index contributed by atoms with van der Waals surface area (Å²) in [6.45, 7) is 2.01. The Kier molecular flexibility index (Phi) is 3.84. The fourth-order valence-electron chi connectivity index (χ4n) is 2.14. The number of carbonyl (C=O) groups excluding carboxylic acids is 1. The zero-order valence-corrected chi connectivity index (χ0v) is 12.5. The van der Waals surface area contributed by atoms with Crippen LogP contribution in [0.2, 0.25) is 0 Å². The molecule has 0 unspecified atom stereocenters. The van der Waals surface area contributed by atoms with E-state index in [9.17, 15) is 4.79 Å². The van der Waals surface area contributed by atoms with Gasteiger partial charge in [0.05, 0.1) is 0 Å². The molecule has 0 aliphatic heterocycles. The van der Waals surface area contributed by atoms with Crippen LogP contribution in [0.3, 0.4) is 0 Å². The van der Waals surface area contributed by atoms with Crippen LogP contribution < -0.4 is 5.32 Å². The summed E-state index contributed by atoms with van der Waals surface area (Å²) in [6.07, 6.45) is 0. The lowest BCUT2D eigenvalue weighted by molar-refractivity contribution is 0.102. The third-order valence-corrected chi connectivity index (χ3v) is 4.18. The number of hydrogen-bond donors (Lipinski definition) is 1. The summed E-state index contributed by atoms with van der Waals surface area (Å²) in [5.41, 5.74) is 3.70. The third kappa shape index (κ3) is 3.03. The zero-order valence-electron chi connectivity index (χ0n) is 11.7. The minimum absolute atomic E-state index is 0.0843. The summed E-state index contributed by atoms with van der Waals surface area (Å²) in [7, 11) is 0. The number of aryl methyl sites for hydroxylation is 1. The molecule has 3 rings (SSSR count). The summed E-state index contributed by atoms with van der Waals surface area (Å²) in [5.74, 6) is -0.0843. The first-order chi connectivity index (χ1) is 10.2. The average molecular weight is 293 g/mol. The number of rotatable bonds is 3. The zero-order chi connectivity index (χ0) is 14.7. The molecule has 0 aliphatic rings. The summed E-state index contributed by atoms with van der Waals surface area (Å²) < 4.78 is 0. The van der Waals surface area contributed by atoms with Gasteiger partial charge in [0.15, 0.2) is 0 Å². The van der Waals surface area contributed by atoms with Gasteiger partial charge in [0.25, 0.3) is 5.91 Å². The van der Waals surface area contributed by atoms with Crippen LogP contribution in [0.25, 0.3) is 10.4 Å². The molecule has 0 saturated heterocycles. The molecular formula is C18H15NOS. The molecule has 3 aromatic rings.